The minimum Gasteiger partial charge on any atom is -0.480 e. The van der Waals surface area contributed by atoms with Gasteiger partial charge in [-0.2, -0.15) is 11.8 Å². The lowest BCUT2D eigenvalue weighted by molar-refractivity contribution is -0.139. The Balaban J connectivity index is 2.78. The van der Waals surface area contributed by atoms with Crippen LogP contribution in [0, 0.1) is 6.92 Å². The Bertz CT molecular complexity index is 459. The molecule has 0 spiro atoms. The summed E-state index contributed by atoms with van der Waals surface area (Å²) in [5, 5.41) is 11.6. The van der Waals surface area contributed by atoms with Crippen molar-refractivity contribution in [3.63, 3.8) is 0 Å². The van der Waals surface area contributed by atoms with Crippen molar-refractivity contribution in [3.8, 4) is 0 Å². The summed E-state index contributed by atoms with van der Waals surface area (Å²) in [7, 11) is 0. The van der Waals surface area contributed by atoms with Crippen molar-refractivity contribution in [2.24, 2.45) is 0 Å². The van der Waals surface area contributed by atoms with Gasteiger partial charge in [0.05, 0.1) is 0 Å². The third-order valence-electron chi connectivity index (χ3n) is 2.52. The molecule has 0 aliphatic carbocycles. The molecule has 1 aromatic carbocycles. The SMILES string of the molecule is CSCC[C@@H](NC(=O)c1cc(C)cc(Br)c1)C(=O)O. The Morgan fingerprint density at radius 1 is 1.42 bits per heavy atom. The highest BCUT2D eigenvalue weighted by molar-refractivity contribution is 9.10. The van der Waals surface area contributed by atoms with Crippen molar-refractivity contribution in [2.45, 2.75) is 19.4 Å². The molecule has 1 rings (SSSR count). The molecule has 2 N–H and O–H groups in total. The zero-order chi connectivity index (χ0) is 14.4. The summed E-state index contributed by atoms with van der Waals surface area (Å²) in [5.74, 6) is -0.679. The van der Waals surface area contributed by atoms with Crippen molar-refractivity contribution in [2.75, 3.05) is 12.0 Å². The van der Waals surface area contributed by atoms with Gasteiger partial charge in [0.15, 0.2) is 0 Å². The quantitative estimate of drug-likeness (QED) is 0.831. The number of halogens is 1. The summed E-state index contributed by atoms with van der Waals surface area (Å²) in [4.78, 5) is 23.1. The van der Waals surface area contributed by atoms with E-state index in [4.69, 9.17) is 5.11 Å². The number of carboxylic acids is 1. The van der Waals surface area contributed by atoms with Crippen molar-refractivity contribution in [1.29, 1.82) is 0 Å². The van der Waals surface area contributed by atoms with Crippen LogP contribution in [0.15, 0.2) is 22.7 Å². The first-order chi connectivity index (χ1) is 8.93. The molecule has 6 heteroatoms. The van der Waals surface area contributed by atoms with E-state index < -0.39 is 12.0 Å². The van der Waals surface area contributed by atoms with E-state index in [-0.39, 0.29) is 5.91 Å². The zero-order valence-electron chi connectivity index (χ0n) is 10.8. The van der Waals surface area contributed by atoms with Gasteiger partial charge in [0.1, 0.15) is 6.04 Å². The highest BCUT2D eigenvalue weighted by Gasteiger charge is 2.20. The van der Waals surface area contributed by atoms with Crippen LogP contribution in [-0.2, 0) is 4.79 Å². The fraction of sp³-hybridized carbons (Fsp3) is 0.385. The molecule has 0 unspecified atom stereocenters. The molecule has 0 aliphatic heterocycles. The molecule has 0 heterocycles. The van der Waals surface area contributed by atoms with Crippen LogP contribution in [0.3, 0.4) is 0 Å². The van der Waals surface area contributed by atoms with Crippen LogP contribution in [0.5, 0.6) is 0 Å². The van der Waals surface area contributed by atoms with Gasteiger partial charge in [-0.25, -0.2) is 4.79 Å². The smallest absolute Gasteiger partial charge is 0.326 e. The number of aryl methyl sites for hydroxylation is 1. The first-order valence-electron chi connectivity index (χ1n) is 5.74. The molecule has 0 saturated heterocycles. The standard InChI is InChI=1S/C13H16BrNO3S/c1-8-5-9(7-10(14)6-8)12(16)15-11(13(17)18)3-4-19-2/h5-7,11H,3-4H2,1-2H3,(H,15,16)(H,17,18)/t11-/m1/s1. The van der Waals surface area contributed by atoms with Crippen LogP contribution in [0.1, 0.15) is 22.3 Å². The second kappa shape index (κ2) is 7.55. The van der Waals surface area contributed by atoms with Crippen LogP contribution >= 0.6 is 27.7 Å². The second-order valence-electron chi connectivity index (χ2n) is 4.16. The lowest BCUT2D eigenvalue weighted by Gasteiger charge is -2.14. The summed E-state index contributed by atoms with van der Waals surface area (Å²) in [6.07, 6.45) is 2.31. The van der Waals surface area contributed by atoms with E-state index in [9.17, 15) is 9.59 Å². The van der Waals surface area contributed by atoms with Crippen LogP contribution in [0.4, 0.5) is 0 Å². The third kappa shape index (κ3) is 5.24. The van der Waals surface area contributed by atoms with Crippen molar-refractivity contribution in [1.82, 2.24) is 5.32 Å². The predicted octanol–water partition coefficient (Wildman–Crippen LogP) is 2.69. The second-order valence-corrected chi connectivity index (χ2v) is 6.06. The number of nitrogens with one attached hydrogen (secondary N) is 1. The molecule has 104 valence electrons. The lowest BCUT2D eigenvalue weighted by atomic mass is 10.1. The van der Waals surface area contributed by atoms with Gasteiger partial charge in [0, 0.05) is 10.0 Å². The molecular weight excluding hydrogens is 330 g/mol. The largest absolute Gasteiger partial charge is 0.480 e. The van der Waals surface area contributed by atoms with Crippen molar-refractivity contribution in [3.05, 3.63) is 33.8 Å². The highest BCUT2D eigenvalue weighted by atomic mass is 79.9. The predicted molar refractivity (Wildman–Crippen MR) is 80.8 cm³/mol. The van der Waals surface area contributed by atoms with Crippen molar-refractivity contribution >= 4 is 39.6 Å². The van der Waals surface area contributed by atoms with Gasteiger partial charge in [-0.1, -0.05) is 15.9 Å². The first-order valence-corrected chi connectivity index (χ1v) is 7.92. The maximum Gasteiger partial charge on any atom is 0.326 e. The van der Waals surface area contributed by atoms with Gasteiger partial charge in [0.2, 0.25) is 0 Å². The topological polar surface area (TPSA) is 66.4 Å². The molecule has 0 aromatic heterocycles. The molecule has 19 heavy (non-hydrogen) atoms. The number of benzene rings is 1. The monoisotopic (exact) mass is 345 g/mol. The van der Waals surface area contributed by atoms with E-state index in [0.717, 1.165) is 10.0 Å². The number of hydrogen-bond acceptors (Lipinski definition) is 3. The van der Waals surface area contributed by atoms with E-state index in [1.807, 2.05) is 19.2 Å². The van der Waals surface area contributed by atoms with E-state index in [0.29, 0.717) is 17.7 Å². The molecule has 0 fully saturated rings. The Morgan fingerprint density at radius 2 is 2.11 bits per heavy atom. The summed E-state index contributed by atoms with van der Waals surface area (Å²) in [6, 6.07) is 4.45. The number of aliphatic carboxylic acids is 1. The van der Waals surface area contributed by atoms with Crippen LogP contribution < -0.4 is 5.32 Å². The number of hydrogen-bond donors (Lipinski definition) is 2. The van der Waals surface area contributed by atoms with Crippen LogP contribution in [0.2, 0.25) is 0 Å². The Kier molecular flexibility index (Phi) is 6.37. The van der Waals surface area contributed by atoms with Gasteiger partial charge >= 0.3 is 5.97 Å². The summed E-state index contributed by atoms with van der Waals surface area (Å²) >= 11 is 4.87. The maximum atomic E-state index is 12.0. The normalized spacial score (nSPS) is 11.9. The molecule has 4 nitrogen and oxygen atoms in total. The zero-order valence-corrected chi connectivity index (χ0v) is 13.2. The average molecular weight is 346 g/mol. The summed E-state index contributed by atoms with van der Waals surface area (Å²) in [6.45, 7) is 1.88. The first kappa shape index (κ1) is 16.0. The third-order valence-corrected chi connectivity index (χ3v) is 3.62. The van der Waals surface area contributed by atoms with Gasteiger partial charge in [-0.15, -0.1) is 0 Å². The van der Waals surface area contributed by atoms with E-state index in [1.165, 1.54) is 0 Å². The molecule has 1 atom stereocenters. The molecule has 0 saturated carbocycles. The van der Waals surface area contributed by atoms with E-state index in [1.54, 1.807) is 23.9 Å². The Labute approximate surface area is 125 Å². The fourth-order valence-corrected chi connectivity index (χ4v) is 2.68. The summed E-state index contributed by atoms with van der Waals surface area (Å²) < 4.78 is 0.800. The number of carboxylic acid groups (broad SMARTS) is 1. The van der Waals surface area contributed by atoms with Gasteiger partial charge in [-0.05, 0) is 49.1 Å². The molecule has 1 amide bonds. The van der Waals surface area contributed by atoms with E-state index in [2.05, 4.69) is 21.2 Å². The molecule has 0 aliphatic rings. The van der Waals surface area contributed by atoms with Crippen LogP contribution in [-0.4, -0.2) is 35.0 Å². The van der Waals surface area contributed by atoms with E-state index >= 15 is 0 Å². The summed E-state index contributed by atoms with van der Waals surface area (Å²) in [5.41, 5.74) is 1.40. The highest BCUT2D eigenvalue weighted by Crippen LogP contribution is 2.15. The number of carbonyl (C=O) groups excluding carboxylic acids is 1. The molecule has 1 aromatic rings. The Morgan fingerprint density at radius 3 is 2.63 bits per heavy atom. The number of thioether (sulfide) groups is 1. The van der Waals surface area contributed by atoms with Gasteiger partial charge < -0.3 is 10.4 Å². The molecular formula is C13H16BrNO3S. The van der Waals surface area contributed by atoms with Crippen LogP contribution in [0.25, 0.3) is 0 Å². The number of carbonyl (C=O) groups is 2. The molecule has 0 bridgehead atoms. The number of rotatable bonds is 6. The van der Waals surface area contributed by atoms with Gasteiger partial charge in [0.25, 0.3) is 5.91 Å². The Hall–Kier alpha value is -1.01. The fourth-order valence-electron chi connectivity index (χ4n) is 1.60. The lowest BCUT2D eigenvalue weighted by Crippen LogP contribution is -2.41. The average Bonchev–Trinajstić information content (AvgIpc) is 2.32. The van der Waals surface area contributed by atoms with Crippen molar-refractivity contribution < 1.29 is 14.7 Å². The maximum absolute atomic E-state index is 12.0. The van der Waals surface area contributed by atoms with Gasteiger partial charge in [-0.3, -0.25) is 4.79 Å². The molecule has 0 radical (unpaired) electrons. The minimum absolute atomic E-state index is 0.363. The number of amides is 1. The minimum atomic E-state index is -1.01.